The second kappa shape index (κ2) is 8.04. The van der Waals surface area contributed by atoms with E-state index in [0.717, 1.165) is 11.1 Å². The summed E-state index contributed by atoms with van der Waals surface area (Å²) in [5, 5.41) is 5.84. The summed E-state index contributed by atoms with van der Waals surface area (Å²) >= 11 is 6.04. The van der Waals surface area contributed by atoms with Gasteiger partial charge in [-0.2, -0.15) is 0 Å². The predicted octanol–water partition coefficient (Wildman–Crippen LogP) is 2.73. The highest BCUT2D eigenvalue weighted by molar-refractivity contribution is 7.92. The monoisotopic (exact) mass is 435 g/mol. The Morgan fingerprint density at radius 1 is 1.24 bits per heavy atom. The van der Waals surface area contributed by atoms with Crippen LogP contribution in [0.2, 0.25) is 5.02 Å². The molecule has 29 heavy (non-hydrogen) atoms. The molecule has 2 aromatic rings. The molecule has 0 radical (unpaired) electrons. The lowest BCUT2D eigenvalue weighted by atomic mass is 10.1. The average Bonchev–Trinajstić information content (AvgIpc) is 2.98. The molecule has 9 heteroatoms. The third-order valence-corrected chi connectivity index (χ3v) is 6.48. The Morgan fingerprint density at radius 3 is 2.66 bits per heavy atom. The van der Waals surface area contributed by atoms with Crippen LogP contribution in [0.1, 0.15) is 28.4 Å². The average molecular weight is 436 g/mol. The molecule has 3 rings (SSSR count). The lowest BCUT2D eigenvalue weighted by Gasteiger charge is -2.21. The number of halogens is 1. The molecule has 1 aliphatic heterocycles. The fraction of sp³-hybridized carbons (Fsp3) is 0.300. The van der Waals surface area contributed by atoms with Gasteiger partial charge in [-0.25, -0.2) is 8.42 Å². The van der Waals surface area contributed by atoms with Crippen LogP contribution in [0, 0.1) is 6.92 Å². The van der Waals surface area contributed by atoms with Crippen molar-refractivity contribution in [3.63, 3.8) is 0 Å². The standard InChI is InChI=1S/C20H22ClN3O4S/c1-12-9-15-10-14(7-8-18(15)24(12)29(3,27)28)20(26)22-11-19(25)23-17-6-4-5-16(21)13(17)2/h4-8,10,12H,9,11H2,1-3H3,(H,22,26)(H,23,25)/t12-/m0/s1. The Hall–Kier alpha value is -2.58. The minimum absolute atomic E-state index is 0.201. The summed E-state index contributed by atoms with van der Waals surface area (Å²) in [6, 6.07) is 9.85. The van der Waals surface area contributed by atoms with Gasteiger partial charge >= 0.3 is 0 Å². The van der Waals surface area contributed by atoms with Crippen LogP contribution in [0.25, 0.3) is 0 Å². The zero-order valence-corrected chi connectivity index (χ0v) is 17.9. The van der Waals surface area contributed by atoms with Gasteiger partial charge in [-0.1, -0.05) is 17.7 Å². The summed E-state index contributed by atoms with van der Waals surface area (Å²) in [5.41, 5.74) is 3.08. The molecule has 154 valence electrons. The first-order chi connectivity index (χ1) is 13.6. The Balaban J connectivity index is 1.66. The van der Waals surface area contributed by atoms with Gasteiger partial charge in [0.15, 0.2) is 0 Å². The molecule has 1 heterocycles. The third-order valence-electron chi connectivity index (χ3n) is 4.80. The van der Waals surface area contributed by atoms with Crippen molar-refractivity contribution in [3.05, 3.63) is 58.1 Å². The van der Waals surface area contributed by atoms with Gasteiger partial charge in [-0.15, -0.1) is 0 Å². The summed E-state index contributed by atoms with van der Waals surface area (Å²) < 4.78 is 25.3. The number of nitrogens with zero attached hydrogens (tertiary/aromatic N) is 1. The number of amides is 2. The summed E-state index contributed by atoms with van der Waals surface area (Å²) in [6.07, 6.45) is 1.69. The largest absolute Gasteiger partial charge is 0.343 e. The van der Waals surface area contributed by atoms with Crippen LogP contribution >= 0.6 is 11.6 Å². The molecule has 7 nitrogen and oxygen atoms in total. The van der Waals surface area contributed by atoms with E-state index in [-0.39, 0.29) is 18.5 Å². The Morgan fingerprint density at radius 2 is 1.97 bits per heavy atom. The van der Waals surface area contributed by atoms with Crippen molar-refractivity contribution in [2.24, 2.45) is 0 Å². The van der Waals surface area contributed by atoms with Crippen molar-refractivity contribution in [2.75, 3.05) is 22.4 Å². The summed E-state index contributed by atoms with van der Waals surface area (Å²) in [4.78, 5) is 24.6. The summed E-state index contributed by atoms with van der Waals surface area (Å²) in [6.45, 7) is 3.42. The molecule has 0 spiro atoms. The normalized spacial score (nSPS) is 15.7. The molecule has 1 aliphatic rings. The van der Waals surface area contributed by atoms with Gasteiger partial charge in [-0.05, 0) is 61.7 Å². The molecule has 2 aromatic carbocycles. The van der Waals surface area contributed by atoms with E-state index in [1.807, 2.05) is 6.92 Å². The zero-order chi connectivity index (χ0) is 21.3. The smallest absolute Gasteiger partial charge is 0.251 e. The number of hydrogen-bond acceptors (Lipinski definition) is 4. The van der Waals surface area contributed by atoms with E-state index in [0.29, 0.717) is 28.4 Å². The molecule has 0 saturated heterocycles. The second-order valence-corrected chi connectivity index (χ2v) is 9.37. The first-order valence-corrected chi connectivity index (χ1v) is 11.3. The number of fused-ring (bicyclic) bond motifs is 1. The Bertz CT molecular complexity index is 1090. The molecule has 0 aromatic heterocycles. The summed E-state index contributed by atoms with van der Waals surface area (Å²) in [5.74, 6) is -0.780. The maximum absolute atomic E-state index is 12.4. The van der Waals surface area contributed by atoms with Crippen LogP contribution in [-0.2, 0) is 21.2 Å². The van der Waals surface area contributed by atoms with Crippen LogP contribution in [0.15, 0.2) is 36.4 Å². The highest BCUT2D eigenvalue weighted by atomic mass is 35.5. The first-order valence-electron chi connectivity index (χ1n) is 9.03. The second-order valence-electron chi connectivity index (χ2n) is 7.10. The van der Waals surface area contributed by atoms with Crippen molar-refractivity contribution in [3.8, 4) is 0 Å². The molecule has 2 N–H and O–H groups in total. The number of carbonyl (C=O) groups excluding carboxylic acids is 2. The quantitative estimate of drug-likeness (QED) is 0.754. The van der Waals surface area contributed by atoms with Crippen molar-refractivity contribution < 1.29 is 18.0 Å². The van der Waals surface area contributed by atoms with Crippen LogP contribution in [0.5, 0.6) is 0 Å². The van der Waals surface area contributed by atoms with Crippen LogP contribution in [0.3, 0.4) is 0 Å². The number of anilines is 2. The number of hydrogen-bond donors (Lipinski definition) is 2. The first kappa shape index (κ1) is 21.1. The minimum atomic E-state index is -3.39. The van der Waals surface area contributed by atoms with E-state index >= 15 is 0 Å². The highest BCUT2D eigenvalue weighted by Gasteiger charge is 2.32. The van der Waals surface area contributed by atoms with E-state index in [9.17, 15) is 18.0 Å². The van der Waals surface area contributed by atoms with Crippen LogP contribution in [-0.4, -0.2) is 39.1 Å². The SMILES string of the molecule is Cc1c(Cl)cccc1NC(=O)CNC(=O)c1ccc2c(c1)C[C@H](C)N2S(C)(=O)=O. The van der Waals surface area contributed by atoms with Crippen LogP contribution < -0.4 is 14.9 Å². The number of benzene rings is 2. The van der Waals surface area contributed by atoms with Crippen molar-refractivity contribution in [2.45, 2.75) is 26.3 Å². The van der Waals surface area contributed by atoms with E-state index < -0.39 is 15.9 Å². The minimum Gasteiger partial charge on any atom is -0.343 e. The van der Waals surface area contributed by atoms with E-state index in [1.165, 1.54) is 10.6 Å². The molecular weight excluding hydrogens is 414 g/mol. The van der Waals surface area contributed by atoms with Crippen molar-refractivity contribution in [1.29, 1.82) is 0 Å². The Kier molecular flexibility index (Phi) is 5.86. The van der Waals surface area contributed by atoms with Crippen LogP contribution in [0.4, 0.5) is 11.4 Å². The molecule has 0 fully saturated rings. The number of rotatable bonds is 5. The van der Waals surface area contributed by atoms with Crippen molar-refractivity contribution in [1.82, 2.24) is 5.32 Å². The maximum Gasteiger partial charge on any atom is 0.251 e. The number of carbonyl (C=O) groups is 2. The van der Waals surface area contributed by atoms with E-state index in [2.05, 4.69) is 10.6 Å². The Labute approximate surface area is 175 Å². The van der Waals surface area contributed by atoms with Gasteiger partial charge in [0.2, 0.25) is 15.9 Å². The van der Waals surface area contributed by atoms with E-state index in [1.54, 1.807) is 43.3 Å². The fourth-order valence-electron chi connectivity index (χ4n) is 3.45. The maximum atomic E-state index is 12.4. The van der Waals surface area contributed by atoms with Gasteiger partial charge in [0.05, 0.1) is 18.5 Å². The van der Waals surface area contributed by atoms with Gasteiger partial charge in [0.25, 0.3) is 5.91 Å². The summed E-state index contributed by atoms with van der Waals surface area (Å²) in [7, 11) is -3.39. The molecule has 0 bridgehead atoms. The fourth-order valence-corrected chi connectivity index (χ4v) is 4.89. The zero-order valence-electron chi connectivity index (χ0n) is 16.3. The highest BCUT2D eigenvalue weighted by Crippen LogP contribution is 2.34. The lowest BCUT2D eigenvalue weighted by Crippen LogP contribution is -2.34. The molecule has 0 unspecified atom stereocenters. The third kappa shape index (κ3) is 4.54. The molecule has 1 atom stereocenters. The molecular formula is C20H22ClN3O4S. The topological polar surface area (TPSA) is 95.6 Å². The number of nitrogens with one attached hydrogen (secondary N) is 2. The van der Waals surface area contributed by atoms with Gasteiger partial charge in [0, 0.05) is 22.3 Å². The molecule has 0 aliphatic carbocycles. The van der Waals surface area contributed by atoms with Gasteiger partial charge < -0.3 is 10.6 Å². The molecule has 0 saturated carbocycles. The van der Waals surface area contributed by atoms with Gasteiger partial charge in [0.1, 0.15) is 0 Å². The number of sulfonamides is 1. The van der Waals surface area contributed by atoms with Crippen molar-refractivity contribution >= 4 is 44.8 Å². The molecule has 2 amide bonds. The predicted molar refractivity (Wildman–Crippen MR) is 114 cm³/mol. The lowest BCUT2D eigenvalue weighted by molar-refractivity contribution is -0.115. The van der Waals surface area contributed by atoms with E-state index in [4.69, 9.17) is 11.6 Å². The van der Waals surface area contributed by atoms with Gasteiger partial charge in [-0.3, -0.25) is 13.9 Å².